The van der Waals surface area contributed by atoms with E-state index in [2.05, 4.69) is 11.1 Å². The summed E-state index contributed by atoms with van der Waals surface area (Å²) in [6, 6.07) is 11.4. The minimum Gasteiger partial charge on any atom is -0.493 e. The third-order valence-corrected chi connectivity index (χ3v) is 6.93. The normalized spacial score (nSPS) is 18.2. The Kier molecular flexibility index (Phi) is 5.16. The van der Waals surface area contributed by atoms with Crippen LogP contribution in [0.5, 0.6) is 11.5 Å². The lowest BCUT2D eigenvalue weighted by Gasteiger charge is -2.41. The molecule has 0 saturated heterocycles. The number of rotatable bonds is 4. The van der Waals surface area contributed by atoms with Crippen molar-refractivity contribution in [1.82, 2.24) is 9.88 Å². The Morgan fingerprint density at radius 3 is 2.47 bits per heavy atom. The summed E-state index contributed by atoms with van der Waals surface area (Å²) in [5.74, 6) is 1.46. The van der Waals surface area contributed by atoms with Gasteiger partial charge in [-0.15, -0.1) is 0 Å². The second-order valence-corrected chi connectivity index (χ2v) is 8.86. The van der Waals surface area contributed by atoms with E-state index < -0.39 is 6.04 Å². The smallest absolute Gasteiger partial charge is 0.254 e. The molecule has 0 bridgehead atoms. The van der Waals surface area contributed by atoms with Crippen LogP contribution >= 0.6 is 0 Å². The van der Waals surface area contributed by atoms with Gasteiger partial charge < -0.3 is 19.4 Å². The molecule has 1 aromatic heterocycles. The van der Waals surface area contributed by atoms with Gasteiger partial charge in [0.05, 0.1) is 20.3 Å². The number of methoxy groups -OCH3 is 2. The van der Waals surface area contributed by atoms with E-state index in [9.17, 15) is 9.59 Å². The van der Waals surface area contributed by atoms with Gasteiger partial charge in [-0.3, -0.25) is 9.59 Å². The monoisotopic (exact) mass is 432 g/mol. The maximum atomic E-state index is 13.4. The predicted octanol–water partition coefficient (Wildman–Crippen LogP) is 4.13. The molecule has 0 spiro atoms. The molecule has 1 aliphatic carbocycles. The number of benzene rings is 2. The van der Waals surface area contributed by atoms with Gasteiger partial charge in [0, 0.05) is 23.5 Å². The number of pyridine rings is 1. The highest BCUT2D eigenvalue weighted by Crippen LogP contribution is 2.42. The van der Waals surface area contributed by atoms with Crippen molar-refractivity contribution >= 4 is 16.8 Å². The minimum atomic E-state index is -0.458. The van der Waals surface area contributed by atoms with Gasteiger partial charge in [0.15, 0.2) is 11.5 Å². The fraction of sp³-hybridized carbons (Fsp3) is 0.385. The fourth-order valence-corrected chi connectivity index (χ4v) is 4.95. The summed E-state index contributed by atoms with van der Waals surface area (Å²) < 4.78 is 11.1. The van der Waals surface area contributed by atoms with E-state index in [1.807, 2.05) is 42.2 Å². The van der Waals surface area contributed by atoms with Crippen LogP contribution < -0.4 is 15.0 Å². The molecular formula is C26H28N2O4. The Morgan fingerprint density at radius 1 is 1.03 bits per heavy atom. The third-order valence-electron chi connectivity index (χ3n) is 6.93. The summed E-state index contributed by atoms with van der Waals surface area (Å²) in [5.41, 5.74) is 4.34. The molecule has 6 heteroatoms. The molecule has 1 fully saturated rings. The number of amides is 1. The Morgan fingerprint density at radius 2 is 1.78 bits per heavy atom. The standard InChI is InChI=1S/C26H28N2O4/c1-15-7-8-21-18(11-15)12-20(25(29)27-21)24-19-14-23(32-3)22(31-2)13-17(19)9-10-28(24)26(30)16-5-4-6-16/h7-8,11-14,16,24H,4-6,9-10H2,1-3H3,(H,27,29)/t24-/m0/s1. The Balaban J connectivity index is 1.72. The molecule has 166 valence electrons. The maximum absolute atomic E-state index is 13.4. The molecule has 3 aromatic rings. The van der Waals surface area contributed by atoms with Crippen LogP contribution in [0.1, 0.15) is 47.6 Å². The average Bonchev–Trinajstić information content (AvgIpc) is 2.76. The summed E-state index contributed by atoms with van der Waals surface area (Å²) in [5, 5.41) is 0.961. The Labute approximate surface area is 187 Å². The van der Waals surface area contributed by atoms with E-state index in [4.69, 9.17) is 9.47 Å². The van der Waals surface area contributed by atoms with Crippen molar-refractivity contribution in [2.45, 2.75) is 38.6 Å². The van der Waals surface area contributed by atoms with Crippen LogP contribution in [0.25, 0.3) is 10.9 Å². The first kappa shape index (κ1) is 20.6. The minimum absolute atomic E-state index is 0.0565. The number of fused-ring (bicyclic) bond motifs is 2. The lowest BCUT2D eigenvalue weighted by atomic mass is 9.81. The largest absolute Gasteiger partial charge is 0.493 e. The predicted molar refractivity (Wildman–Crippen MR) is 123 cm³/mol. The summed E-state index contributed by atoms with van der Waals surface area (Å²) in [7, 11) is 3.22. The Hall–Kier alpha value is -3.28. The summed E-state index contributed by atoms with van der Waals surface area (Å²) in [6.45, 7) is 2.61. The van der Waals surface area contributed by atoms with Crippen molar-refractivity contribution in [1.29, 1.82) is 0 Å². The number of nitrogens with zero attached hydrogens (tertiary/aromatic N) is 1. The second kappa shape index (κ2) is 8.01. The number of ether oxygens (including phenoxy) is 2. The topological polar surface area (TPSA) is 71.6 Å². The molecule has 2 aromatic carbocycles. The summed E-state index contributed by atoms with van der Waals surface area (Å²) >= 11 is 0. The number of carbonyl (C=O) groups is 1. The van der Waals surface area contributed by atoms with Gasteiger partial charge in [-0.2, -0.15) is 0 Å². The van der Waals surface area contributed by atoms with E-state index in [-0.39, 0.29) is 17.4 Å². The number of hydrogen-bond acceptors (Lipinski definition) is 4. The summed E-state index contributed by atoms with van der Waals surface area (Å²) in [6.07, 6.45) is 3.66. The number of carbonyl (C=O) groups excluding carboxylic acids is 1. The van der Waals surface area contributed by atoms with Crippen LogP contribution in [0.3, 0.4) is 0 Å². The van der Waals surface area contributed by atoms with E-state index in [1.54, 1.807) is 14.2 Å². The molecule has 0 unspecified atom stereocenters. The van der Waals surface area contributed by atoms with Gasteiger partial charge in [-0.05, 0) is 73.0 Å². The highest BCUT2D eigenvalue weighted by atomic mass is 16.5. The Bertz CT molecular complexity index is 1260. The van der Waals surface area contributed by atoms with Gasteiger partial charge in [0.1, 0.15) is 0 Å². The molecule has 0 radical (unpaired) electrons. The zero-order valence-electron chi connectivity index (χ0n) is 18.7. The van der Waals surface area contributed by atoms with E-state index >= 15 is 0 Å². The molecule has 32 heavy (non-hydrogen) atoms. The first-order valence-corrected chi connectivity index (χ1v) is 11.2. The van der Waals surface area contributed by atoms with Crippen molar-refractivity contribution in [3.8, 4) is 11.5 Å². The van der Waals surface area contributed by atoms with E-state index in [1.165, 1.54) is 0 Å². The van der Waals surface area contributed by atoms with Gasteiger partial charge in [0.2, 0.25) is 5.91 Å². The van der Waals surface area contributed by atoms with E-state index in [0.29, 0.717) is 23.6 Å². The molecule has 6 nitrogen and oxygen atoms in total. The SMILES string of the molecule is COc1cc2c(cc1OC)[C@@H](c1cc3cc(C)ccc3[nH]c1=O)N(C(=O)C1CCC1)CC2. The van der Waals surface area contributed by atoms with Gasteiger partial charge in [0.25, 0.3) is 5.56 Å². The summed E-state index contributed by atoms with van der Waals surface area (Å²) in [4.78, 5) is 31.7. The van der Waals surface area contributed by atoms with Crippen LogP contribution in [0.4, 0.5) is 0 Å². The number of hydrogen-bond donors (Lipinski definition) is 1. The second-order valence-electron chi connectivity index (χ2n) is 8.86. The van der Waals surface area contributed by atoms with Crippen molar-refractivity contribution in [3.63, 3.8) is 0 Å². The van der Waals surface area contributed by atoms with Crippen LogP contribution in [0.2, 0.25) is 0 Å². The van der Waals surface area contributed by atoms with Gasteiger partial charge in [-0.25, -0.2) is 0 Å². The lowest BCUT2D eigenvalue weighted by molar-refractivity contribution is -0.140. The van der Waals surface area contributed by atoms with Crippen LogP contribution in [0, 0.1) is 12.8 Å². The van der Waals surface area contributed by atoms with Crippen LogP contribution in [0.15, 0.2) is 41.2 Å². The lowest BCUT2D eigenvalue weighted by Crippen LogP contribution is -2.46. The molecule has 1 atom stereocenters. The first-order chi connectivity index (χ1) is 15.5. The van der Waals surface area contributed by atoms with Crippen LogP contribution in [-0.4, -0.2) is 36.6 Å². The quantitative estimate of drug-likeness (QED) is 0.673. The van der Waals surface area contributed by atoms with E-state index in [0.717, 1.165) is 53.3 Å². The molecule has 1 amide bonds. The number of H-pyrrole nitrogens is 1. The fourth-order valence-electron chi connectivity index (χ4n) is 4.95. The number of aromatic amines is 1. The van der Waals surface area contributed by atoms with Crippen molar-refractivity contribution in [2.75, 3.05) is 20.8 Å². The molecular weight excluding hydrogens is 404 g/mol. The molecule has 1 N–H and O–H groups in total. The highest BCUT2D eigenvalue weighted by Gasteiger charge is 2.39. The zero-order valence-corrected chi connectivity index (χ0v) is 18.7. The van der Waals surface area contributed by atoms with Crippen molar-refractivity contribution in [3.05, 3.63) is 69.0 Å². The molecule has 1 saturated carbocycles. The number of nitrogens with one attached hydrogen (secondary N) is 1. The van der Waals surface area contributed by atoms with Gasteiger partial charge >= 0.3 is 0 Å². The molecule has 2 aliphatic rings. The molecule has 2 heterocycles. The maximum Gasteiger partial charge on any atom is 0.254 e. The van der Waals surface area contributed by atoms with Gasteiger partial charge in [-0.1, -0.05) is 18.1 Å². The third kappa shape index (κ3) is 3.34. The molecule has 1 aliphatic heterocycles. The van der Waals surface area contributed by atoms with Crippen molar-refractivity contribution in [2.24, 2.45) is 5.92 Å². The number of aryl methyl sites for hydroxylation is 1. The zero-order chi connectivity index (χ0) is 22.4. The first-order valence-electron chi connectivity index (χ1n) is 11.2. The highest BCUT2D eigenvalue weighted by molar-refractivity contribution is 5.83. The number of aromatic nitrogens is 1. The molecule has 5 rings (SSSR count). The average molecular weight is 433 g/mol. The van der Waals surface area contributed by atoms with Crippen LogP contribution in [-0.2, 0) is 11.2 Å². The van der Waals surface area contributed by atoms with Crippen molar-refractivity contribution < 1.29 is 14.3 Å².